The molecule has 6 nitrogen and oxygen atoms in total. The lowest BCUT2D eigenvalue weighted by atomic mass is 10.0. The second-order valence-corrected chi connectivity index (χ2v) is 8.58. The average Bonchev–Trinajstić information content (AvgIpc) is 3.30. The normalized spacial score (nSPS) is 16.4. The Balaban J connectivity index is 1.72. The first-order chi connectivity index (χ1) is 14.3. The quantitative estimate of drug-likeness (QED) is 0.641. The zero-order valence-electron chi connectivity index (χ0n) is 19.2. The number of carbonyl (C=O) groups excluding carboxylic acids is 1. The van der Waals surface area contributed by atoms with Crippen molar-refractivity contribution in [1.82, 2.24) is 14.7 Å². The minimum Gasteiger partial charge on any atom is -0.497 e. The molecule has 2 heterocycles. The summed E-state index contributed by atoms with van der Waals surface area (Å²) in [6.45, 7) is 10.3. The summed E-state index contributed by atoms with van der Waals surface area (Å²) in [7, 11) is 3.31. The van der Waals surface area contributed by atoms with Gasteiger partial charge in [0.1, 0.15) is 11.5 Å². The number of hydrogen-bond donors (Lipinski definition) is 0. The van der Waals surface area contributed by atoms with Crippen molar-refractivity contribution in [2.24, 2.45) is 5.92 Å². The largest absolute Gasteiger partial charge is 0.497 e. The minimum absolute atomic E-state index is 0.0595. The molecular formula is C24H35N3O3. The number of methoxy groups -OCH3 is 2. The van der Waals surface area contributed by atoms with E-state index in [2.05, 4.69) is 25.5 Å². The molecule has 164 valence electrons. The van der Waals surface area contributed by atoms with Gasteiger partial charge in [-0.15, -0.1) is 0 Å². The van der Waals surface area contributed by atoms with Crippen LogP contribution in [0, 0.1) is 19.8 Å². The molecule has 0 unspecified atom stereocenters. The first kappa shape index (κ1) is 22.2. The van der Waals surface area contributed by atoms with Crippen molar-refractivity contribution in [1.29, 1.82) is 0 Å². The Bertz CT molecular complexity index is 888. The number of nitrogens with zero attached hydrogens (tertiary/aromatic N) is 3. The van der Waals surface area contributed by atoms with Gasteiger partial charge in [0.2, 0.25) is 5.91 Å². The fourth-order valence-electron chi connectivity index (χ4n) is 4.48. The fraction of sp³-hybridized carbons (Fsp3) is 0.583. The van der Waals surface area contributed by atoms with E-state index in [1.54, 1.807) is 14.2 Å². The molecule has 1 atom stereocenters. The van der Waals surface area contributed by atoms with Gasteiger partial charge in [0.15, 0.2) is 0 Å². The van der Waals surface area contributed by atoms with Gasteiger partial charge in [0.05, 0.1) is 26.0 Å². The first-order valence-corrected chi connectivity index (χ1v) is 10.9. The number of benzene rings is 1. The van der Waals surface area contributed by atoms with Crippen molar-refractivity contribution >= 4 is 5.91 Å². The molecule has 1 aromatic heterocycles. The summed E-state index contributed by atoms with van der Waals surface area (Å²) < 4.78 is 13.0. The van der Waals surface area contributed by atoms with E-state index in [-0.39, 0.29) is 11.9 Å². The van der Waals surface area contributed by atoms with Crippen molar-refractivity contribution in [2.75, 3.05) is 20.8 Å². The summed E-state index contributed by atoms with van der Waals surface area (Å²) in [5.41, 5.74) is 4.49. The van der Waals surface area contributed by atoms with Gasteiger partial charge in [0.25, 0.3) is 0 Å². The van der Waals surface area contributed by atoms with Gasteiger partial charge in [0, 0.05) is 36.8 Å². The Labute approximate surface area is 180 Å². The SMILES string of the molecule is COc1ccc([C@H]2CCCN2C(=O)CCc2c(C)nn(CC(C)C)c2C)c(OC)c1. The standard InChI is InChI=1S/C24H35N3O3/c1-16(2)15-27-18(4)20(17(3)25-27)11-12-24(28)26-13-7-8-22(26)21-10-9-19(29-5)14-23(21)30-6/h9-10,14,16,22H,7-8,11-13,15H2,1-6H3/t22-/m1/s1. The van der Waals surface area contributed by atoms with Crippen LogP contribution in [0.15, 0.2) is 18.2 Å². The van der Waals surface area contributed by atoms with Gasteiger partial charge in [-0.2, -0.15) is 5.10 Å². The van der Waals surface area contributed by atoms with E-state index < -0.39 is 0 Å². The summed E-state index contributed by atoms with van der Waals surface area (Å²) in [4.78, 5) is 15.2. The monoisotopic (exact) mass is 413 g/mol. The van der Waals surface area contributed by atoms with Crippen LogP contribution >= 0.6 is 0 Å². The third-order valence-electron chi connectivity index (χ3n) is 6.03. The molecule has 30 heavy (non-hydrogen) atoms. The molecule has 1 fully saturated rings. The number of carbonyl (C=O) groups is 1. The summed E-state index contributed by atoms with van der Waals surface area (Å²) in [5, 5.41) is 4.69. The first-order valence-electron chi connectivity index (χ1n) is 10.9. The van der Waals surface area contributed by atoms with Crippen molar-refractivity contribution in [3.05, 3.63) is 40.7 Å². The maximum atomic E-state index is 13.2. The fourth-order valence-corrected chi connectivity index (χ4v) is 4.48. The molecular weight excluding hydrogens is 378 g/mol. The van der Waals surface area contributed by atoms with Crippen LogP contribution in [0.1, 0.15) is 61.7 Å². The van der Waals surface area contributed by atoms with Crippen molar-refractivity contribution in [2.45, 2.75) is 66.0 Å². The second kappa shape index (κ2) is 9.54. The van der Waals surface area contributed by atoms with Crippen LogP contribution in [0.4, 0.5) is 0 Å². The van der Waals surface area contributed by atoms with Gasteiger partial charge in [-0.3, -0.25) is 9.48 Å². The molecule has 1 aliphatic heterocycles. The molecule has 1 aliphatic rings. The highest BCUT2D eigenvalue weighted by Crippen LogP contribution is 2.39. The second-order valence-electron chi connectivity index (χ2n) is 8.58. The lowest BCUT2D eigenvalue weighted by molar-refractivity contribution is -0.132. The van der Waals surface area contributed by atoms with Crippen LogP contribution in [-0.4, -0.2) is 41.4 Å². The molecule has 1 amide bonds. The van der Waals surface area contributed by atoms with E-state index in [0.29, 0.717) is 12.3 Å². The molecule has 1 aromatic carbocycles. The molecule has 6 heteroatoms. The predicted octanol–water partition coefficient (Wildman–Crippen LogP) is 4.47. The van der Waals surface area contributed by atoms with Gasteiger partial charge < -0.3 is 14.4 Å². The molecule has 0 N–H and O–H groups in total. The zero-order chi connectivity index (χ0) is 21.8. The van der Waals surface area contributed by atoms with E-state index in [4.69, 9.17) is 14.6 Å². The van der Waals surface area contributed by atoms with E-state index in [9.17, 15) is 4.79 Å². The van der Waals surface area contributed by atoms with Crippen LogP contribution < -0.4 is 9.47 Å². The Kier molecular flexibility index (Phi) is 7.06. The molecule has 0 saturated carbocycles. The molecule has 1 saturated heterocycles. The molecule has 0 radical (unpaired) electrons. The number of aryl methyl sites for hydroxylation is 1. The Morgan fingerprint density at radius 2 is 2.00 bits per heavy atom. The Morgan fingerprint density at radius 3 is 2.67 bits per heavy atom. The minimum atomic E-state index is 0.0595. The molecule has 3 rings (SSSR count). The summed E-state index contributed by atoms with van der Waals surface area (Å²) >= 11 is 0. The lowest BCUT2D eigenvalue weighted by Crippen LogP contribution is -2.31. The topological polar surface area (TPSA) is 56.6 Å². The van der Waals surface area contributed by atoms with Gasteiger partial charge in [-0.05, 0) is 56.7 Å². The summed E-state index contributed by atoms with van der Waals surface area (Å²) in [5.74, 6) is 2.28. The smallest absolute Gasteiger partial charge is 0.223 e. The van der Waals surface area contributed by atoms with Gasteiger partial charge >= 0.3 is 0 Å². The number of amides is 1. The predicted molar refractivity (Wildman–Crippen MR) is 118 cm³/mol. The number of aromatic nitrogens is 2. The maximum Gasteiger partial charge on any atom is 0.223 e. The Morgan fingerprint density at radius 1 is 1.23 bits per heavy atom. The van der Waals surface area contributed by atoms with E-state index in [0.717, 1.165) is 55.1 Å². The average molecular weight is 414 g/mol. The van der Waals surface area contributed by atoms with E-state index >= 15 is 0 Å². The molecule has 0 bridgehead atoms. The highest BCUT2D eigenvalue weighted by Gasteiger charge is 2.32. The van der Waals surface area contributed by atoms with Gasteiger partial charge in [-0.1, -0.05) is 13.8 Å². The van der Waals surface area contributed by atoms with Crippen LogP contribution in [0.3, 0.4) is 0 Å². The molecule has 0 aliphatic carbocycles. The number of likely N-dealkylation sites (tertiary alicyclic amines) is 1. The lowest BCUT2D eigenvalue weighted by Gasteiger charge is -2.26. The van der Waals surface area contributed by atoms with Crippen molar-refractivity contribution in [3.8, 4) is 11.5 Å². The van der Waals surface area contributed by atoms with Crippen molar-refractivity contribution in [3.63, 3.8) is 0 Å². The van der Waals surface area contributed by atoms with E-state index in [1.165, 1.54) is 11.3 Å². The third-order valence-corrected chi connectivity index (χ3v) is 6.03. The van der Waals surface area contributed by atoms with Crippen LogP contribution in [0.25, 0.3) is 0 Å². The third kappa shape index (κ3) is 4.63. The molecule has 0 spiro atoms. The number of hydrogen-bond acceptors (Lipinski definition) is 4. The number of rotatable bonds is 8. The molecule has 2 aromatic rings. The van der Waals surface area contributed by atoms with Gasteiger partial charge in [-0.25, -0.2) is 0 Å². The zero-order valence-corrected chi connectivity index (χ0v) is 19.2. The van der Waals surface area contributed by atoms with Crippen LogP contribution in [0.5, 0.6) is 11.5 Å². The van der Waals surface area contributed by atoms with Crippen molar-refractivity contribution < 1.29 is 14.3 Å². The van der Waals surface area contributed by atoms with Crippen LogP contribution in [0.2, 0.25) is 0 Å². The highest BCUT2D eigenvalue weighted by atomic mass is 16.5. The van der Waals surface area contributed by atoms with Crippen LogP contribution in [-0.2, 0) is 17.8 Å². The maximum absolute atomic E-state index is 13.2. The highest BCUT2D eigenvalue weighted by molar-refractivity contribution is 5.77. The summed E-state index contributed by atoms with van der Waals surface area (Å²) in [6, 6.07) is 5.92. The summed E-state index contributed by atoms with van der Waals surface area (Å²) in [6.07, 6.45) is 3.20. The Hall–Kier alpha value is -2.50. The van der Waals surface area contributed by atoms with E-state index in [1.807, 2.05) is 30.0 Å². The number of ether oxygens (including phenoxy) is 2.